The van der Waals surface area contributed by atoms with Gasteiger partial charge in [0.15, 0.2) is 0 Å². The lowest BCUT2D eigenvalue weighted by Gasteiger charge is -2.10. The Labute approximate surface area is 131 Å². The molecule has 0 aliphatic rings. The van der Waals surface area contributed by atoms with Gasteiger partial charge in [0, 0.05) is 6.54 Å². The first kappa shape index (κ1) is 15.5. The highest BCUT2D eigenvalue weighted by molar-refractivity contribution is 9.10. The lowest BCUT2D eigenvalue weighted by Crippen LogP contribution is -2.05. The summed E-state index contributed by atoms with van der Waals surface area (Å²) in [7, 11) is 1.90. The first-order valence-corrected chi connectivity index (χ1v) is 7.27. The molecule has 0 spiro atoms. The average molecular weight is 350 g/mol. The Morgan fingerprint density at radius 3 is 2.43 bits per heavy atom. The second kappa shape index (κ2) is 7.24. The maximum atomic E-state index is 10.8. The first-order chi connectivity index (χ1) is 10.1. The molecule has 0 aliphatic carbocycles. The lowest BCUT2D eigenvalue weighted by atomic mass is 10.1. The van der Waals surface area contributed by atoms with Crippen LogP contribution in [0.4, 0.5) is 0 Å². The van der Waals surface area contributed by atoms with Crippen molar-refractivity contribution in [2.24, 2.45) is 0 Å². The third kappa shape index (κ3) is 4.31. The average Bonchev–Trinajstić information content (AvgIpc) is 2.47. The number of nitrogens with one attached hydrogen (secondary N) is 1. The van der Waals surface area contributed by atoms with Crippen LogP contribution in [0.25, 0.3) is 0 Å². The van der Waals surface area contributed by atoms with Crippen molar-refractivity contribution in [3.63, 3.8) is 0 Å². The number of hydrogen-bond donors (Lipinski definition) is 2. The second-order valence-electron chi connectivity index (χ2n) is 4.59. The van der Waals surface area contributed by atoms with Crippen LogP contribution in [0, 0.1) is 0 Å². The number of aromatic carboxylic acids is 1. The van der Waals surface area contributed by atoms with Gasteiger partial charge in [0.25, 0.3) is 0 Å². The maximum Gasteiger partial charge on any atom is 0.335 e. The number of halogens is 1. The monoisotopic (exact) mass is 349 g/mol. The van der Waals surface area contributed by atoms with E-state index in [-0.39, 0.29) is 5.56 Å². The van der Waals surface area contributed by atoms with Crippen LogP contribution < -0.4 is 10.1 Å². The maximum absolute atomic E-state index is 10.8. The number of ether oxygens (including phenoxy) is 1. The molecule has 0 fully saturated rings. The fourth-order valence-corrected chi connectivity index (χ4v) is 2.42. The van der Waals surface area contributed by atoms with Gasteiger partial charge in [0.1, 0.15) is 12.4 Å². The van der Waals surface area contributed by atoms with E-state index in [4.69, 9.17) is 9.84 Å². The van der Waals surface area contributed by atoms with Gasteiger partial charge in [-0.15, -0.1) is 0 Å². The van der Waals surface area contributed by atoms with Crippen molar-refractivity contribution in [1.82, 2.24) is 5.32 Å². The molecule has 0 bridgehead atoms. The molecule has 0 saturated carbocycles. The Bertz CT molecular complexity index is 626. The van der Waals surface area contributed by atoms with Gasteiger partial charge < -0.3 is 15.2 Å². The van der Waals surface area contributed by atoms with E-state index in [9.17, 15) is 4.79 Å². The van der Waals surface area contributed by atoms with Crippen LogP contribution in [-0.2, 0) is 13.2 Å². The van der Waals surface area contributed by atoms with E-state index in [0.717, 1.165) is 22.3 Å². The normalized spacial score (nSPS) is 10.4. The Morgan fingerprint density at radius 2 is 1.86 bits per heavy atom. The highest BCUT2D eigenvalue weighted by atomic mass is 79.9. The van der Waals surface area contributed by atoms with Gasteiger partial charge in [0.2, 0.25) is 0 Å². The van der Waals surface area contributed by atoms with Gasteiger partial charge in [-0.2, -0.15) is 0 Å². The number of carboxylic acids is 1. The first-order valence-electron chi connectivity index (χ1n) is 6.48. The lowest BCUT2D eigenvalue weighted by molar-refractivity contribution is 0.0697. The molecule has 0 saturated heterocycles. The van der Waals surface area contributed by atoms with Crippen LogP contribution >= 0.6 is 15.9 Å². The Hall–Kier alpha value is -1.85. The second-order valence-corrected chi connectivity index (χ2v) is 5.44. The standard InChI is InChI=1S/C16H16BrNO3/c1-18-9-12-4-7-15(14(17)8-12)21-10-11-2-5-13(6-3-11)16(19)20/h2-8,18H,9-10H2,1H3,(H,19,20). The number of rotatable bonds is 6. The van der Waals surface area contributed by atoms with Crippen molar-refractivity contribution in [3.05, 3.63) is 63.6 Å². The predicted molar refractivity (Wildman–Crippen MR) is 84.6 cm³/mol. The molecule has 0 atom stereocenters. The zero-order chi connectivity index (χ0) is 15.2. The van der Waals surface area contributed by atoms with Crippen molar-refractivity contribution < 1.29 is 14.6 Å². The third-order valence-corrected chi connectivity index (χ3v) is 3.59. The summed E-state index contributed by atoms with van der Waals surface area (Å²) >= 11 is 3.49. The quantitative estimate of drug-likeness (QED) is 0.838. The summed E-state index contributed by atoms with van der Waals surface area (Å²) in [5.74, 6) is -0.164. The van der Waals surface area contributed by atoms with Crippen LogP contribution in [0.15, 0.2) is 46.9 Å². The van der Waals surface area contributed by atoms with Crippen molar-refractivity contribution in [3.8, 4) is 5.75 Å². The van der Waals surface area contributed by atoms with E-state index in [0.29, 0.717) is 6.61 Å². The van der Waals surface area contributed by atoms with Crippen LogP contribution in [0.1, 0.15) is 21.5 Å². The van der Waals surface area contributed by atoms with Gasteiger partial charge in [-0.1, -0.05) is 18.2 Å². The summed E-state index contributed by atoms with van der Waals surface area (Å²) in [5, 5.41) is 11.9. The molecule has 21 heavy (non-hydrogen) atoms. The number of carboxylic acid groups (broad SMARTS) is 1. The minimum atomic E-state index is -0.926. The van der Waals surface area contributed by atoms with E-state index in [1.165, 1.54) is 5.56 Å². The Morgan fingerprint density at radius 1 is 1.19 bits per heavy atom. The molecule has 0 aliphatic heterocycles. The molecule has 2 aromatic carbocycles. The van der Waals surface area contributed by atoms with Crippen LogP contribution in [0.2, 0.25) is 0 Å². The SMILES string of the molecule is CNCc1ccc(OCc2ccc(C(=O)O)cc2)c(Br)c1. The van der Waals surface area contributed by atoms with Crippen LogP contribution in [0.3, 0.4) is 0 Å². The van der Waals surface area contributed by atoms with Crippen molar-refractivity contribution in [1.29, 1.82) is 0 Å². The highest BCUT2D eigenvalue weighted by Gasteiger charge is 2.05. The van der Waals surface area contributed by atoms with Crippen molar-refractivity contribution >= 4 is 21.9 Å². The highest BCUT2D eigenvalue weighted by Crippen LogP contribution is 2.26. The summed E-state index contributed by atoms with van der Waals surface area (Å²) in [5.41, 5.74) is 2.37. The van der Waals surface area contributed by atoms with Crippen molar-refractivity contribution in [2.75, 3.05) is 7.05 Å². The van der Waals surface area contributed by atoms with Gasteiger partial charge >= 0.3 is 5.97 Å². The van der Waals surface area contributed by atoms with E-state index in [2.05, 4.69) is 21.2 Å². The minimum Gasteiger partial charge on any atom is -0.488 e. The van der Waals surface area contributed by atoms with E-state index < -0.39 is 5.97 Å². The molecule has 0 amide bonds. The molecule has 0 heterocycles. The fourth-order valence-electron chi connectivity index (χ4n) is 1.88. The number of carbonyl (C=O) groups is 1. The van der Waals surface area contributed by atoms with E-state index >= 15 is 0 Å². The molecule has 0 radical (unpaired) electrons. The largest absolute Gasteiger partial charge is 0.488 e. The third-order valence-electron chi connectivity index (χ3n) is 2.97. The molecule has 110 valence electrons. The van der Waals surface area contributed by atoms with Gasteiger partial charge in [-0.25, -0.2) is 4.79 Å². The Balaban J connectivity index is 2.00. The van der Waals surface area contributed by atoms with E-state index in [1.807, 2.05) is 25.2 Å². The summed E-state index contributed by atoms with van der Waals surface area (Å²) in [4.78, 5) is 10.8. The summed E-state index contributed by atoms with van der Waals surface area (Å²) < 4.78 is 6.64. The van der Waals surface area contributed by atoms with Crippen LogP contribution in [-0.4, -0.2) is 18.1 Å². The minimum absolute atomic E-state index is 0.274. The molecule has 0 unspecified atom stereocenters. The molecule has 4 nitrogen and oxygen atoms in total. The van der Waals surface area contributed by atoms with Crippen LogP contribution in [0.5, 0.6) is 5.75 Å². The predicted octanol–water partition coefficient (Wildman–Crippen LogP) is 3.45. The molecular weight excluding hydrogens is 334 g/mol. The molecule has 2 N–H and O–H groups in total. The molecule has 2 rings (SSSR count). The zero-order valence-corrected chi connectivity index (χ0v) is 13.2. The fraction of sp³-hybridized carbons (Fsp3) is 0.188. The molecule has 5 heteroatoms. The number of hydrogen-bond acceptors (Lipinski definition) is 3. The molecular formula is C16H16BrNO3. The summed E-state index contributed by atoms with van der Waals surface area (Å²) in [6.07, 6.45) is 0. The van der Waals surface area contributed by atoms with Gasteiger partial charge in [0.05, 0.1) is 10.0 Å². The zero-order valence-electron chi connectivity index (χ0n) is 11.6. The summed E-state index contributed by atoms with van der Waals surface area (Å²) in [6.45, 7) is 1.19. The molecule has 2 aromatic rings. The Kier molecular flexibility index (Phi) is 5.36. The van der Waals surface area contributed by atoms with E-state index in [1.54, 1.807) is 24.3 Å². The number of benzene rings is 2. The summed E-state index contributed by atoms with van der Waals surface area (Å²) in [6, 6.07) is 12.6. The molecule has 0 aromatic heterocycles. The van der Waals surface area contributed by atoms with Gasteiger partial charge in [-0.05, 0) is 58.4 Å². The van der Waals surface area contributed by atoms with Gasteiger partial charge in [-0.3, -0.25) is 0 Å². The van der Waals surface area contributed by atoms with Crippen molar-refractivity contribution in [2.45, 2.75) is 13.2 Å². The topological polar surface area (TPSA) is 58.6 Å². The smallest absolute Gasteiger partial charge is 0.335 e.